The summed E-state index contributed by atoms with van der Waals surface area (Å²) in [7, 11) is 0. The molecule has 0 heterocycles. The number of ketones is 1. The Morgan fingerprint density at radius 2 is 1.75 bits per heavy atom. The zero-order chi connectivity index (χ0) is 20.7. The van der Waals surface area contributed by atoms with Crippen molar-refractivity contribution in [3.05, 3.63) is 52.6 Å². The Morgan fingerprint density at radius 3 is 2.32 bits per heavy atom. The fraction of sp³-hybridized carbons (Fsp3) is 0.350. The highest BCUT2D eigenvalue weighted by Crippen LogP contribution is 2.35. The predicted octanol–water partition coefficient (Wildman–Crippen LogP) is 3.04. The van der Waals surface area contributed by atoms with Gasteiger partial charge in [0, 0.05) is 11.6 Å². The number of hydrogen-bond acceptors (Lipinski definition) is 6. The number of rotatable bonds is 10. The van der Waals surface area contributed by atoms with Crippen LogP contribution in [0.5, 0.6) is 17.2 Å². The first-order valence-corrected chi connectivity index (χ1v) is 8.73. The molecule has 0 spiro atoms. The van der Waals surface area contributed by atoms with Crippen molar-refractivity contribution in [2.45, 2.75) is 26.4 Å². The van der Waals surface area contributed by atoms with Crippen LogP contribution in [0.2, 0.25) is 0 Å². The Morgan fingerprint density at radius 1 is 1.07 bits per heavy atom. The zero-order valence-electron chi connectivity index (χ0n) is 15.3. The number of carbonyl (C=O) groups is 1. The fourth-order valence-electron chi connectivity index (χ4n) is 2.95. The molecule has 0 atom stereocenters. The third-order valence-electron chi connectivity index (χ3n) is 4.16. The molecule has 0 amide bonds. The molecule has 2 aromatic carbocycles. The number of benzene rings is 2. The van der Waals surface area contributed by atoms with Crippen molar-refractivity contribution in [3.63, 3.8) is 0 Å². The fourth-order valence-corrected chi connectivity index (χ4v) is 2.95. The van der Waals surface area contributed by atoms with Gasteiger partial charge in [0.05, 0.1) is 25.4 Å². The minimum Gasteiger partial charge on any atom is -0.508 e. The molecule has 6 nitrogen and oxygen atoms in total. The normalized spacial score (nSPS) is 11.0. The average Bonchev–Trinajstić information content (AvgIpc) is 2.65. The molecule has 0 aliphatic carbocycles. The number of aliphatic hydroxyl groups excluding tert-OH is 1. The molecule has 0 unspecified atom stereocenters. The van der Waals surface area contributed by atoms with Crippen molar-refractivity contribution in [3.8, 4) is 17.2 Å². The van der Waals surface area contributed by atoms with Crippen LogP contribution in [-0.2, 0) is 17.6 Å². The minimum absolute atomic E-state index is 0.0183. The summed E-state index contributed by atoms with van der Waals surface area (Å²) in [6.45, 7) is -1.01. The van der Waals surface area contributed by atoms with Gasteiger partial charge in [-0.1, -0.05) is 6.92 Å². The highest BCUT2D eigenvalue weighted by Gasteiger charge is 2.23. The molecule has 0 saturated carbocycles. The molecule has 152 valence electrons. The molecule has 3 N–H and O–H groups in total. The van der Waals surface area contributed by atoms with Crippen LogP contribution in [0.4, 0.5) is 8.78 Å². The highest BCUT2D eigenvalue weighted by atomic mass is 19.3. The van der Waals surface area contributed by atoms with E-state index < -0.39 is 12.4 Å². The second kappa shape index (κ2) is 10.0. The van der Waals surface area contributed by atoms with Gasteiger partial charge in [0.1, 0.15) is 17.2 Å². The van der Waals surface area contributed by atoms with Crippen LogP contribution in [-0.4, -0.2) is 47.5 Å². The Hall–Kier alpha value is -2.71. The van der Waals surface area contributed by atoms with Crippen molar-refractivity contribution in [1.29, 1.82) is 0 Å². The molecular formula is C20H22F2O6. The number of hydrogen-bond donors (Lipinski definition) is 3. The molecule has 2 aromatic rings. The lowest BCUT2D eigenvalue weighted by Gasteiger charge is -2.17. The van der Waals surface area contributed by atoms with E-state index in [1.54, 1.807) is 6.92 Å². The van der Waals surface area contributed by atoms with Gasteiger partial charge >= 0.3 is 6.61 Å². The number of phenols is 2. The molecular weight excluding hydrogens is 374 g/mol. The van der Waals surface area contributed by atoms with E-state index in [9.17, 15) is 23.8 Å². The molecule has 0 saturated heterocycles. The van der Waals surface area contributed by atoms with Gasteiger partial charge in [0.25, 0.3) is 0 Å². The quantitative estimate of drug-likeness (QED) is 0.422. The molecule has 28 heavy (non-hydrogen) atoms. The van der Waals surface area contributed by atoms with Crippen LogP contribution < -0.4 is 4.74 Å². The average molecular weight is 396 g/mol. The number of phenolic OH excluding ortho intramolecular Hbond substituents is 2. The molecule has 0 bridgehead atoms. The molecule has 0 aromatic heterocycles. The molecule has 0 fully saturated rings. The van der Waals surface area contributed by atoms with Crippen LogP contribution in [0, 0.1) is 0 Å². The van der Waals surface area contributed by atoms with Gasteiger partial charge in [-0.3, -0.25) is 4.79 Å². The lowest BCUT2D eigenvalue weighted by atomic mass is 9.90. The van der Waals surface area contributed by atoms with E-state index in [2.05, 4.69) is 4.74 Å². The molecule has 0 radical (unpaired) electrons. The summed E-state index contributed by atoms with van der Waals surface area (Å²) < 4.78 is 34.1. The van der Waals surface area contributed by atoms with E-state index in [0.717, 1.165) is 6.07 Å². The van der Waals surface area contributed by atoms with E-state index in [-0.39, 0.29) is 54.6 Å². The van der Waals surface area contributed by atoms with Crippen molar-refractivity contribution in [2.75, 3.05) is 19.8 Å². The molecule has 2 rings (SSSR count). The summed E-state index contributed by atoms with van der Waals surface area (Å²) >= 11 is 0. The van der Waals surface area contributed by atoms with Gasteiger partial charge < -0.3 is 24.8 Å². The summed E-state index contributed by atoms with van der Waals surface area (Å²) in [4.78, 5) is 13.0. The van der Waals surface area contributed by atoms with Crippen LogP contribution in [0.15, 0.2) is 30.3 Å². The maximum Gasteiger partial charge on any atom is 0.387 e. The Labute approximate surface area is 161 Å². The number of carbonyl (C=O) groups excluding carboxylic acids is 1. The number of ether oxygens (including phenoxy) is 2. The minimum atomic E-state index is -2.97. The topological polar surface area (TPSA) is 96.2 Å². The lowest BCUT2D eigenvalue weighted by molar-refractivity contribution is -0.0498. The first-order valence-electron chi connectivity index (χ1n) is 8.73. The summed E-state index contributed by atoms with van der Waals surface area (Å²) in [5.74, 6) is -1.12. The van der Waals surface area contributed by atoms with Crippen LogP contribution in [0.1, 0.15) is 34.0 Å². The van der Waals surface area contributed by atoms with Gasteiger partial charge in [-0.25, -0.2) is 0 Å². The smallest absolute Gasteiger partial charge is 0.387 e. The second-order valence-electron chi connectivity index (χ2n) is 5.92. The summed E-state index contributed by atoms with van der Waals surface area (Å²) in [5, 5.41) is 29.3. The number of halogens is 2. The van der Waals surface area contributed by atoms with Crippen molar-refractivity contribution >= 4 is 5.78 Å². The lowest BCUT2D eigenvalue weighted by Crippen LogP contribution is -2.12. The van der Waals surface area contributed by atoms with Crippen LogP contribution >= 0.6 is 0 Å². The first-order chi connectivity index (χ1) is 13.4. The second-order valence-corrected chi connectivity index (χ2v) is 5.92. The Kier molecular flexibility index (Phi) is 7.71. The van der Waals surface area contributed by atoms with Crippen molar-refractivity contribution in [1.82, 2.24) is 0 Å². The van der Waals surface area contributed by atoms with Crippen LogP contribution in [0.25, 0.3) is 0 Å². The van der Waals surface area contributed by atoms with Crippen LogP contribution in [0.3, 0.4) is 0 Å². The molecule has 0 aliphatic heterocycles. The summed E-state index contributed by atoms with van der Waals surface area (Å²) in [6.07, 6.45) is 0.654. The zero-order valence-corrected chi connectivity index (χ0v) is 15.3. The van der Waals surface area contributed by atoms with Crippen molar-refractivity contribution < 1.29 is 38.4 Å². The number of aliphatic hydroxyl groups is 1. The first kappa shape index (κ1) is 21.6. The summed E-state index contributed by atoms with van der Waals surface area (Å²) in [6, 6.07) is 6.23. The molecule has 8 heteroatoms. The van der Waals surface area contributed by atoms with E-state index in [1.165, 1.54) is 24.3 Å². The maximum atomic E-state index is 13.0. The monoisotopic (exact) mass is 396 g/mol. The highest BCUT2D eigenvalue weighted by molar-refractivity contribution is 6.12. The predicted molar refractivity (Wildman–Crippen MR) is 97.3 cm³/mol. The van der Waals surface area contributed by atoms with Gasteiger partial charge in [-0.15, -0.1) is 0 Å². The Bertz CT molecular complexity index is 805. The van der Waals surface area contributed by atoms with E-state index >= 15 is 0 Å². The van der Waals surface area contributed by atoms with Gasteiger partial charge in [-0.2, -0.15) is 8.78 Å². The van der Waals surface area contributed by atoms with Gasteiger partial charge in [-0.05, 0) is 48.2 Å². The van der Waals surface area contributed by atoms with Gasteiger partial charge in [0.15, 0.2) is 5.78 Å². The number of aromatic hydroxyl groups is 2. The maximum absolute atomic E-state index is 13.0. The number of alkyl halides is 2. The Balaban J connectivity index is 2.40. The summed E-state index contributed by atoms with van der Waals surface area (Å²) in [5.41, 5.74) is 1.13. The third-order valence-corrected chi connectivity index (χ3v) is 4.16. The third kappa shape index (κ3) is 5.17. The van der Waals surface area contributed by atoms with Gasteiger partial charge in [0.2, 0.25) is 0 Å². The van der Waals surface area contributed by atoms with E-state index in [1.807, 2.05) is 0 Å². The van der Waals surface area contributed by atoms with E-state index in [4.69, 9.17) is 9.84 Å². The standard InChI is InChI=1S/C20H22F2O6/c1-2-14-15(7-9-27-10-8-23)18(17(25)11-16(14)24)19(26)12-3-5-13(6-4-12)28-20(21)22/h3-6,11,20,23-25H,2,7-10H2,1H3. The largest absolute Gasteiger partial charge is 0.508 e. The van der Waals surface area contributed by atoms with E-state index in [0.29, 0.717) is 17.5 Å². The SMILES string of the molecule is CCc1c(O)cc(O)c(C(=O)c2ccc(OC(F)F)cc2)c1CCOCCO. The molecule has 0 aliphatic rings. The van der Waals surface area contributed by atoms with Crippen molar-refractivity contribution in [2.24, 2.45) is 0 Å².